The summed E-state index contributed by atoms with van der Waals surface area (Å²) in [5, 5.41) is 3.05. The van der Waals surface area contributed by atoms with Crippen molar-refractivity contribution in [1.82, 2.24) is 10.2 Å². The van der Waals surface area contributed by atoms with E-state index in [0.29, 0.717) is 25.2 Å². The lowest BCUT2D eigenvalue weighted by atomic mass is 10.0. The summed E-state index contributed by atoms with van der Waals surface area (Å²) in [6, 6.07) is 4.02. The molecule has 1 N–H and O–H groups in total. The number of hydrogen-bond acceptors (Lipinski definition) is 3. The number of hydrogen-bond donors (Lipinski definition) is 1. The molecule has 1 amide bonds. The van der Waals surface area contributed by atoms with Gasteiger partial charge in [-0.15, -0.1) is 0 Å². The largest absolute Gasteiger partial charge is 0.378 e. The van der Waals surface area contributed by atoms with Gasteiger partial charge in [-0.25, -0.2) is 8.78 Å². The molecule has 3 rings (SSSR count). The van der Waals surface area contributed by atoms with Crippen molar-refractivity contribution in [3.05, 3.63) is 35.4 Å². The zero-order valence-electron chi connectivity index (χ0n) is 13.8. The van der Waals surface area contributed by atoms with Gasteiger partial charge in [-0.05, 0) is 50.0 Å². The first-order valence-corrected chi connectivity index (χ1v) is 8.68. The number of halogens is 2. The van der Waals surface area contributed by atoms with E-state index in [-0.39, 0.29) is 24.4 Å². The Hall–Kier alpha value is -1.53. The second-order valence-corrected chi connectivity index (χ2v) is 6.62. The molecule has 0 aromatic heterocycles. The Morgan fingerprint density at radius 3 is 2.71 bits per heavy atom. The zero-order valence-corrected chi connectivity index (χ0v) is 13.8. The van der Waals surface area contributed by atoms with Crippen LogP contribution in [0.5, 0.6) is 0 Å². The van der Waals surface area contributed by atoms with Crippen LogP contribution in [0.15, 0.2) is 18.2 Å². The Bertz CT molecular complexity index is 576. The average Bonchev–Trinajstić information content (AvgIpc) is 3.05. The van der Waals surface area contributed by atoms with E-state index >= 15 is 0 Å². The van der Waals surface area contributed by atoms with Crippen LogP contribution in [0.25, 0.3) is 0 Å². The maximum atomic E-state index is 13.2. The van der Waals surface area contributed by atoms with Crippen molar-refractivity contribution < 1.29 is 18.3 Å². The van der Waals surface area contributed by atoms with Gasteiger partial charge in [0.1, 0.15) is 0 Å². The summed E-state index contributed by atoms with van der Waals surface area (Å²) in [6.45, 7) is 3.33. The third-order valence-electron chi connectivity index (χ3n) is 4.88. The highest BCUT2D eigenvalue weighted by molar-refractivity contribution is 5.76. The minimum Gasteiger partial charge on any atom is -0.378 e. The molecule has 2 heterocycles. The van der Waals surface area contributed by atoms with Crippen LogP contribution in [0, 0.1) is 11.6 Å². The van der Waals surface area contributed by atoms with Gasteiger partial charge < -0.3 is 10.1 Å². The fourth-order valence-electron chi connectivity index (χ4n) is 3.52. The zero-order chi connectivity index (χ0) is 16.9. The van der Waals surface area contributed by atoms with Gasteiger partial charge >= 0.3 is 0 Å². The summed E-state index contributed by atoms with van der Waals surface area (Å²) in [7, 11) is 0. The Balaban J connectivity index is 1.49. The summed E-state index contributed by atoms with van der Waals surface area (Å²) >= 11 is 0. The molecule has 132 valence electrons. The summed E-state index contributed by atoms with van der Waals surface area (Å²) in [4.78, 5) is 14.6. The van der Waals surface area contributed by atoms with Gasteiger partial charge in [0.25, 0.3) is 0 Å². The standard InChI is InChI=1S/C18H24F2N2O2/c19-14-6-4-13(10-15(14)20)5-7-18(23)21-16-11-24-12-17(16)22-8-2-1-3-9-22/h4,6,10,16-17H,1-3,5,7-9,11-12H2,(H,21,23)/t16-,17-/m0/s1. The van der Waals surface area contributed by atoms with Gasteiger partial charge in [-0.1, -0.05) is 12.5 Å². The second-order valence-electron chi connectivity index (χ2n) is 6.62. The van der Waals surface area contributed by atoms with Gasteiger partial charge in [0.05, 0.1) is 25.3 Å². The third kappa shape index (κ3) is 4.30. The minimum atomic E-state index is -0.873. The lowest BCUT2D eigenvalue weighted by Crippen LogP contribution is -2.52. The average molecular weight is 338 g/mol. The molecule has 0 saturated carbocycles. The van der Waals surface area contributed by atoms with E-state index in [1.807, 2.05) is 0 Å². The number of likely N-dealkylation sites (tertiary alicyclic amines) is 1. The normalized spacial score (nSPS) is 24.9. The number of aryl methyl sites for hydroxylation is 1. The van der Waals surface area contributed by atoms with Crippen molar-refractivity contribution in [2.75, 3.05) is 26.3 Å². The number of carbonyl (C=O) groups excluding carboxylic acids is 1. The maximum Gasteiger partial charge on any atom is 0.220 e. The molecule has 0 bridgehead atoms. The molecule has 2 fully saturated rings. The monoisotopic (exact) mass is 338 g/mol. The first-order chi connectivity index (χ1) is 11.6. The van der Waals surface area contributed by atoms with Gasteiger partial charge in [0, 0.05) is 6.42 Å². The van der Waals surface area contributed by atoms with Crippen LogP contribution in [-0.4, -0.2) is 49.2 Å². The van der Waals surface area contributed by atoms with Crippen molar-refractivity contribution in [2.24, 2.45) is 0 Å². The van der Waals surface area contributed by atoms with Crippen LogP contribution in [0.1, 0.15) is 31.2 Å². The van der Waals surface area contributed by atoms with Crippen LogP contribution >= 0.6 is 0 Å². The molecule has 2 atom stereocenters. The molecular weight excluding hydrogens is 314 g/mol. The van der Waals surface area contributed by atoms with E-state index in [0.717, 1.165) is 25.2 Å². The van der Waals surface area contributed by atoms with Gasteiger partial charge in [-0.3, -0.25) is 9.69 Å². The molecule has 2 aliphatic rings. The molecule has 0 aliphatic carbocycles. The molecule has 24 heavy (non-hydrogen) atoms. The predicted octanol–water partition coefficient (Wildman–Crippen LogP) is 2.27. The molecule has 1 aromatic carbocycles. The van der Waals surface area contributed by atoms with Crippen LogP contribution in [0.4, 0.5) is 8.78 Å². The number of carbonyl (C=O) groups is 1. The maximum absolute atomic E-state index is 13.2. The number of amides is 1. The fourth-order valence-corrected chi connectivity index (χ4v) is 3.52. The Morgan fingerprint density at radius 2 is 1.96 bits per heavy atom. The summed E-state index contributed by atoms with van der Waals surface area (Å²) < 4.78 is 31.7. The molecule has 4 nitrogen and oxygen atoms in total. The molecule has 1 aromatic rings. The van der Waals surface area contributed by atoms with Crippen molar-refractivity contribution in [3.8, 4) is 0 Å². The molecule has 0 radical (unpaired) electrons. The molecule has 0 unspecified atom stereocenters. The SMILES string of the molecule is O=C(CCc1ccc(F)c(F)c1)N[C@H]1COC[C@@H]1N1CCCCC1. The third-order valence-corrected chi connectivity index (χ3v) is 4.88. The number of ether oxygens (including phenoxy) is 1. The Labute approximate surface area is 141 Å². The first-order valence-electron chi connectivity index (χ1n) is 8.68. The number of nitrogens with one attached hydrogen (secondary N) is 1. The topological polar surface area (TPSA) is 41.6 Å². The van der Waals surface area contributed by atoms with Crippen LogP contribution in [-0.2, 0) is 16.0 Å². The van der Waals surface area contributed by atoms with Gasteiger partial charge in [0.2, 0.25) is 5.91 Å². The number of piperidine rings is 1. The lowest BCUT2D eigenvalue weighted by molar-refractivity contribution is -0.122. The van der Waals surface area contributed by atoms with E-state index in [4.69, 9.17) is 4.74 Å². The molecule has 2 aliphatic heterocycles. The summed E-state index contributed by atoms with van der Waals surface area (Å²) in [5.41, 5.74) is 0.624. The van der Waals surface area contributed by atoms with Crippen molar-refractivity contribution in [3.63, 3.8) is 0 Å². The Morgan fingerprint density at radius 1 is 1.17 bits per heavy atom. The lowest BCUT2D eigenvalue weighted by Gasteiger charge is -2.34. The van der Waals surface area contributed by atoms with E-state index in [2.05, 4.69) is 10.2 Å². The highest BCUT2D eigenvalue weighted by Crippen LogP contribution is 2.19. The van der Waals surface area contributed by atoms with Crippen molar-refractivity contribution >= 4 is 5.91 Å². The second kappa shape index (κ2) is 8.03. The number of benzene rings is 1. The molecule has 6 heteroatoms. The Kier molecular flexibility index (Phi) is 5.79. The van der Waals surface area contributed by atoms with E-state index in [1.165, 1.54) is 25.3 Å². The highest BCUT2D eigenvalue weighted by atomic mass is 19.2. The molecular formula is C18H24F2N2O2. The van der Waals surface area contributed by atoms with Gasteiger partial charge in [0.15, 0.2) is 11.6 Å². The van der Waals surface area contributed by atoms with E-state index < -0.39 is 11.6 Å². The van der Waals surface area contributed by atoms with Crippen LogP contribution < -0.4 is 5.32 Å². The minimum absolute atomic E-state index is 0.0144. The van der Waals surface area contributed by atoms with Crippen LogP contribution in [0.3, 0.4) is 0 Å². The first kappa shape index (κ1) is 17.3. The predicted molar refractivity (Wildman–Crippen MR) is 86.6 cm³/mol. The van der Waals surface area contributed by atoms with E-state index in [1.54, 1.807) is 0 Å². The number of rotatable bonds is 5. The summed E-state index contributed by atoms with van der Waals surface area (Å²) in [6.07, 6.45) is 4.33. The number of nitrogens with zero attached hydrogens (tertiary/aromatic N) is 1. The quantitative estimate of drug-likeness (QED) is 0.895. The fraction of sp³-hybridized carbons (Fsp3) is 0.611. The summed E-state index contributed by atoms with van der Waals surface area (Å²) in [5.74, 6) is -1.81. The highest BCUT2D eigenvalue weighted by Gasteiger charge is 2.34. The van der Waals surface area contributed by atoms with Crippen molar-refractivity contribution in [2.45, 2.75) is 44.2 Å². The van der Waals surface area contributed by atoms with E-state index in [9.17, 15) is 13.6 Å². The van der Waals surface area contributed by atoms with Crippen LogP contribution in [0.2, 0.25) is 0 Å². The van der Waals surface area contributed by atoms with Crippen molar-refractivity contribution in [1.29, 1.82) is 0 Å². The molecule has 2 saturated heterocycles. The smallest absolute Gasteiger partial charge is 0.220 e. The molecule has 0 spiro atoms. The van der Waals surface area contributed by atoms with Gasteiger partial charge in [-0.2, -0.15) is 0 Å².